The van der Waals surface area contributed by atoms with Crippen LogP contribution in [0.4, 0.5) is 0 Å². The van der Waals surface area contributed by atoms with Crippen LogP contribution in [-0.4, -0.2) is 45.8 Å². The van der Waals surface area contributed by atoms with Crippen LogP contribution in [0.15, 0.2) is 30.5 Å². The summed E-state index contributed by atoms with van der Waals surface area (Å²) >= 11 is 0. The van der Waals surface area contributed by atoms with Gasteiger partial charge in [-0.3, -0.25) is 14.4 Å². The van der Waals surface area contributed by atoms with Crippen molar-refractivity contribution in [2.75, 3.05) is 13.1 Å². The predicted octanol–water partition coefficient (Wildman–Crippen LogP) is 2.52. The van der Waals surface area contributed by atoms with Gasteiger partial charge in [0.1, 0.15) is 0 Å². The Morgan fingerprint density at radius 3 is 2.56 bits per heavy atom. The van der Waals surface area contributed by atoms with E-state index in [1.807, 2.05) is 30.3 Å². The van der Waals surface area contributed by atoms with Gasteiger partial charge in [0.25, 0.3) is 0 Å². The third-order valence-electron chi connectivity index (χ3n) is 6.10. The molecule has 2 heterocycles. The van der Waals surface area contributed by atoms with E-state index in [2.05, 4.69) is 0 Å². The third-order valence-corrected chi connectivity index (χ3v) is 6.10. The first-order valence-electron chi connectivity index (χ1n) is 9.52. The maximum atomic E-state index is 13.0. The van der Waals surface area contributed by atoms with Crippen molar-refractivity contribution in [2.45, 2.75) is 32.2 Å². The summed E-state index contributed by atoms with van der Waals surface area (Å²) in [7, 11) is 0. The van der Waals surface area contributed by atoms with E-state index >= 15 is 0 Å². The van der Waals surface area contributed by atoms with Crippen LogP contribution in [0.3, 0.4) is 0 Å². The number of carboxylic acid groups (broad SMARTS) is 1. The van der Waals surface area contributed by atoms with Crippen LogP contribution in [0.1, 0.15) is 43.4 Å². The van der Waals surface area contributed by atoms with Crippen molar-refractivity contribution in [1.29, 1.82) is 0 Å². The highest BCUT2D eigenvalue weighted by atomic mass is 16.4. The molecule has 1 saturated carbocycles. The molecule has 1 aliphatic carbocycles. The molecule has 1 unspecified atom stereocenters. The summed E-state index contributed by atoms with van der Waals surface area (Å²) in [5.74, 6) is -0.961. The van der Waals surface area contributed by atoms with Gasteiger partial charge in [0.15, 0.2) is 0 Å². The second kappa shape index (κ2) is 6.83. The molecule has 2 amide bonds. The van der Waals surface area contributed by atoms with Crippen LogP contribution in [-0.2, 0) is 14.4 Å². The quantitative estimate of drug-likeness (QED) is 0.886. The number of fused-ring (bicyclic) bond motifs is 1. The van der Waals surface area contributed by atoms with E-state index in [0.29, 0.717) is 12.5 Å². The first kappa shape index (κ1) is 17.8. The minimum Gasteiger partial charge on any atom is -0.481 e. The Morgan fingerprint density at radius 1 is 1.15 bits per heavy atom. The number of amides is 2. The SMILES string of the molecule is CC(=O)N1C=Cc2ccccc2C1CC(=O)N1C[C@H](C(=O)O)[C@@H](C2CC2)C1. The average Bonchev–Trinajstić information content (AvgIpc) is 3.39. The van der Waals surface area contributed by atoms with E-state index in [9.17, 15) is 19.5 Å². The van der Waals surface area contributed by atoms with Gasteiger partial charge in [-0.05, 0) is 41.9 Å². The van der Waals surface area contributed by atoms with Crippen LogP contribution in [0.2, 0.25) is 0 Å². The summed E-state index contributed by atoms with van der Waals surface area (Å²) < 4.78 is 0. The molecule has 0 aromatic heterocycles. The largest absolute Gasteiger partial charge is 0.481 e. The Morgan fingerprint density at radius 2 is 1.89 bits per heavy atom. The lowest BCUT2D eigenvalue weighted by Gasteiger charge is -2.33. The lowest BCUT2D eigenvalue weighted by molar-refractivity contribution is -0.142. The molecule has 2 fully saturated rings. The van der Waals surface area contributed by atoms with Crippen LogP contribution in [0, 0.1) is 17.8 Å². The van der Waals surface area contributed by atoms with Crippen molar-refractivity contribution in [2.24, 2.45) is 17.8 Å². The van der Waals surface area contributed by atoms with Crippen molar-refractivity contribution in [3.63, 3.8) is 0 Å². The third kappa shape index (κ3) is 3.36. The molecule has 4 rings (SSSR count). The smallest absolute Gasteiger partial charge is 0.308 e. The Bertz CT molecular complexity index is 814. The molecule has 1 N–H and O–H groups in total. The molecule has 3 atom stereocenters. The van der Waals surface area contributed by atoms with Gasteiger partial charge in [0.05, 0.1) is 18.4 Å². The van der Waals surface area contributed by atoms with Crippen LogP contribution in [0.25, 0.3) is 6.08 Å². The molecule has 0 bridgehead atoms. The summed E-state index contributed by atoms with van der Waals surface area (Å²) in [6.07, 6.45) is 5.92. The van der Waals surface area contributed by atoms with E-state index in [-0.39, 0.29) is 36.7 Å². The number of hydrogen-bond acceptors (Lipinski definition) is 3. The predicted molar refractivity (Wildman–Crippen MR) is 99.3 cm³/mol. The Labute approximate surface area is 158 Å². The first-order chi connectivity index (χ1) is 13.0. The number of carboxylic acids is 1. The number of carbonyl (C=O) groups is 3. The second-order valence-electron chi connectivity index (χ2n) is 7.84. The topological polar surface area (TPSA) is 77.9 Å². The average molecular weight is 368 g/mol. The molecular formula is C21H24N2O4. The van der Waals surface area contributed by atoms with Gasteiger partial charge >= 0.3 is 5.97 Å². The molecule has 1 aromatic rings. The number of likely N-dealkylation sites (tertiary alicyclic amines) is 1. The molecule has 3 aliphatic rings. The molecule has 6 nitrogen and oxygen atoms in total. The van der Waals surface area contributed by atoms with Gasteiger partial charge < -0.3 is 14.9 Å². The lowest BCUT2D eigenvalue weighted by atomic mass is 9.92. The molecular weight excluding hydrogens is 344 g/mol. The maximum Gasteiger partial charge on any atom is 0.308 e. The summed E-state index contributed by atoms with van der Waals surface area (Å²) in [5.41, 5.74) is 1.96. The molecule has 0 radical (unpaired) electrons. The monoisotopic (exact) mass is 368 g/mol. The standard InChI is InChI=1S/C21H24N2O4/c1-13(24)23-9-8-14-4-2-3-5-16(14)19(23)10-20(25)22-11-17(15-6-7-15)18(12-22)21(26)27/h2-5,8-9,15,17-19H,6-7,10-12H2,1H3,(H,26,27)/t17-,18+,19?/m1/s1. The molecule has 1 aromatic carbocycles. The summed E-state index contributed by atoms with van der Waals surface area (Å²) in [5, 5.41) is 9.53. The highest BCUT2D eigenvalue weighted by molar-refractivity contribution is 5.83. The molecule has 1 saturated heterocycles. The van der Waals surface area contributed by atoms with E-state index in [1.165, 1.54) is 6.92 Å². The number of nitrogens with zero attached hydrogens (tertiary/aromatic N) is 2. The molecule has 2 aliphatic heterocycles. The molecule has 6 heteroatoms. The van der Waals surface area contributed by atoms with E-state index < -0.39 is 11.9 Å². The number of benzene rings is 1. The van der Waals surface area contributed by atoms with Gasteiger partial charge in [-0.2, -0.15) is 0 Å². The fourth-order valence-corrected chi connectivity index (χ4v) is 4.50. The summed E-state index contributed by atoms with van der Waals surface area (Å²) in [6, 6.07) is 7.42. The van der Waals surface area contributed by atoms with E-state index in [4.69, 9.17) is 0 Å². The molecule has 0 spiro atoms. The number of hydrogen-bond donors (Lipinski definition) is 1. The lowest BCUT2D eigenvalue weighted by Crippen LogP contribution is -2.37. The summed E-state index contributed by atoms with van der Waals surface area (Å²) in [6.45, 7) is 2.29. The zero-order chi connectivity index (χ0) is 19.1. The van der Waals surface area contributed by atoms with Gasteiger partial charge in [-0.15, -0.1) is 0 Å². The molecule has 142 valence electrons. The van der Waals surface area contributed by atoms with Crippen LogP contribution >= 0.6 is 0 Å². The van der Waals surface area contributed by atoms with Crippen molar-refractivity contribution in [1.82, 2.24) is 9.80 Å². The first-order valence-corrected chi connectivity index (χ1v) is 9.52. The fraction of sp³-hybridized carbons (Fsp3) is 0.476. The Balaban J connectivity index is 1.53. The highest BCUT2D eigenvalue weighted by Gasteiger charge is 2.47. The van der Waals surface area contributed by atoms with Gasteiger partial charge in [0.2, 0.25) is 11.8 Å². The normalized spacial score (nSPS) is 26.8. The van der Waals surface area contributed by atoms with E-state index in [1.54, 1.807) is 16.0 Å². The Hall–Kier alpha value is -2.63. The van der Waals surface area contributed by atoms with Gasteiger partial charge in [-0.1, -0.05) is 24.3 Å². The number of aliphatic carboxylic acids is 1. The van der Waals surface area contributed by atoms with Crippen molar-refractivity contribution >= 4 is 23.9 Å². The second-order valence-corrected chi connectivity index (χ2v) is 7.84. The van der Waals surface area contributed by atoms with Crippen LogP contribution in [0.5, 0.6) is 0 Å². The van der Waals surface area contributed by atoms with Crippen molar-refractivity contribution < 1.29 is 19.5 Å². The number of carbonyl (C=O) groups excluding carboxylic acids is 2. The maximum absolute atomic E-state index is 13.0. The van der Waals surface area contributed by atoms with Crippen molar-refractivity contribution in [3.05, 3.63) is 41.6 Å². The number of rotatable bonds is 4. The Kier molecular flexibility index (Phi) is 4.50. The van der Waals surface area contributed by atoms with Crippen LogP contribution < -0.4 is 0 Å². The van der Waals surface area contributed by atoms with Gasteiger partial charge in [-0.25, -0.2) is 0 Å². The van der Waals surface area contributed by atoms with Crippen molar-refractivity contribution in [3.8, 4) is 0 Å². The summed E-state index contributed by atoms with van der Waals surface area (Å²) in [4.78, 5) is 40.0. The highest BCUT2D eigenvalue weighted by Crippen LogP contribution is 2.44. The minimum absolute atomic E-state index is 0.0638. The zero-order valence-electron chi connectivity index (χ0n) is 15.4. The van der Waals surface area contributed by atoms with Gasteiger partial charge in [0, 0.05) is 26.2 Å². The zero-order valence-corrected chi connectivity index (χ0v) is 15.4. The fourth-order valence-electron chi connectivity index (χ4n) is 4.50. The molecule has 27 heavy (non-hydrogen) atoms. The minimum atomic E-state index is -0.807. The van der Waals surface area contributed by atoms with E-state index in [0.717, 1.165) is 24.0 Å².